The molecule has 0 saturated heterocycles. The number of rotatable bonds is 5. The molecule has 0 aliphatic heterocycles. The lowest BCUT2D eigenvalue weighted by Gasteiger charge is -2.26. The van der Waals surface area contributed by atoms with E-state index in [-0.39, 0.29) is 10.6 Å². The Hall–Kier alpha value is -3.07. The number of aryl methyl sites for hydroxylation is 2. The average molecular weight is 391 g/mol. The lowest BCUT2D eigenvalue weighted by atomic mass is 9.85. The molecule has 0 fully saturated rings. The molecule has 0 bridgehead atoms. The summed E-state index contributed by atoms with van der Waals surface area (Å²) in [5.74, 6) is 2.43. The van der Waals surface area contributed by atoms with Crippen molar-refractivity contribution in [3.8, 4) is 12.3 Å². The molecule has 5 heteroatoms. The molecule has 1 atom stereocenters. The summed E-state index contributed by atoms with van der Waals surface area (Å²) in [6.45, 7) is 3.73. The molecule has 0 spiro atoms. The van der Waals surface area contributed by atoms with Gasteiger partial charge in [-0.2, -0.15) is 0 Å². The van der Waals surface area contributed by atoms with E-state index in [9.17, 15) is 13.5 Å². The Balaban J connectivity index is 2.11. The van der Waals surface area contributed by atoms with Crippen LogP contribution in [-0.4, -0.2) is 13.5 Å². The highest BCUT2D eigenvalue weighted by Crippen LogP contribution is 2.35. The Morgan fingerprint density at radius 3 is 2.14 bits per heavy atom. The van der Waals surface area contributed by atoms with Gasteiger partial charge in [0.1, 0.15) is 0 Å². The van der Waals surface area contributed by atoms with Gasteiger partial charge in [-0.3, -0.25) is 4.72 Å². The molecule has 0 aliphatic carbocycles. The van der Waals surface area contributed by atoms with Gasteiger partial charge >= 0.3 is 0 Å². The first-order chi connectivity index (χ1) is 13.3. The zero-order valence-corrected chi connectivity index (χ0v) is 16.5. The topological polar surface area (TPSA) is 66.4 Å². The van der Waals surface area contributed by atoms with Crippen LogP contribution in [0.5, 0.6) is 0 Å². The molecule has 0 saturated carbocycles. The summed E-state index contributed by atoms with van der Waals surface area (Å²) in [6.07, 6.45) is 5.70. The van der Waals surface area contributed by atoms with Gasteiger partial charge < -0.3 is 5.11 Å². The van der Waals surface area contributed by atoms with Gasteiger partial charge in [0, 0.05) is 11.1 Å². The largest absolute Gasteiger partial charge is 0.369 e. The average Bonchev–Trinajstić information content (AvgIpc) is 2.69. The van der Waals surface area contributed by atoms with Crippen molar-refractivity contribution in [3.05, 3.63) is 95.1 Å². The van der Waals surface area contributed by atoms with E-state index in [1.165, 1.54) is 12.1 Å². The van der Waals surface area contributed by atoms with Crippen LogP contribution in [-0.2, 0) is 15.6 Å². The van der Waals surface area contributed by atoms with Crippen molar-refractivity contribution in [2.45, 2.75) is 24.3 Å². The maximum atomic E-state index is 12.9. The van der Waals surface area contributed by atoms with E-state index < -0.39 is 15.6 Å². The highest BCUT2D eigenvalue weighted by molar-refractivity contribution is 7.92. The molecule has 2 N–H and O–H groups in total. The summed E-state index contributed by atoms with van der Waals surface area (Å²) in [5.41, 5.74) is 1.04. The fourth-order valence-corrected chi connectivity index (χ4v) is 4.04. The van der Waals surface area contributed by atoms with Crippen molar-refractivity contribution in [2.24, 2.45) is 0 Å². The zero-order valence-electron chi connectivity index (χ0n) is 15.7. The fraction of sp³-hybridized carbons (Fsp3) is 0.130. The molecule has 4 nitrogen and oxygen atoms in total. The third kappa shape index (κ3) is 3.79. The first-order valence-electron chi connectivity index (χ1n) is 8.72. The van der Waals surface area contributed by atoms with Crippen LogP contribution >= 0.6 is 0 Å². The molecular formula is C23H21NO3S. The van der Waals surface area contributed by atoms with Crippen LogP contribution in [0, 0.1) is 26.2 Å². The van der Waals surface area contributed by atoms with Gasteiger partial charge in [0.2, 0.25) is 0 Å². The van der Waals surface area contributed by atoms with Crippen LogP contribution in [0.1, 0.15) is 22.3 Å². The Labute approximate surface area is 165 Å². The molecule has 0 heterocycles. The number of benzene rings is 3. The van der Waals surface area contributed by atoms with Gasteiger partial charge in [0.05, 0.1) is 10.6 Å². The Bertz CT molecular complexity index is 1130. The minimum atomic E-state index is -3.85. The predicted molar refractivity (Wildman–Crippen MR) is 111 cm³/mol. The second kappa shape index (κ2) is 7.51. The maximum Gasteiger partial charge on any atom is 0.261 e. The molecule has 3 rings (SSSR count). The number of hydrogen-bond acceptors (Lipinski definition) is 3. The predicted octanol–water partition coefficient (Wildman–Crippen LogP) is 3.97. The summed E-state index contributed by atoms with van der Waals surface area (Å²) in [4.78, 5) is 0.133. The summed E-state index contributed by atoms with van der Waals surface area (Å²) in [5, 5.41) is 11.3. The number of nitrogens with one attached hydrogen (secondary N) is 1. The quantitative estimate of drug-likeness (QED) is 0.647. The fourth-order valence-electron chi connectivity index (χ4n) is 2.96. The van der Waals surface area contributed by atoms with Crippen LogP contribution in [0.4, 0.5) is 5.69 Å². The van der Waals surface area contributed by atoms with Crippen molar-refractivity contribution in [1.29, 1.82) is 0 Å². The van der Waals surface area contributed by atoms with Gasteiger partial charge in [-0.1, -0.05) is 65.6 Å². The molecule has 0 radical (unpaired) electrons. The Kier molecular flexibility index (Phi) is 5.28. The normalized spacial score (nSPS) is 13.4. The standard InChI is InChI=1S/C23H21NO3S/c1-4-23(25,19-8-6-5-7-9-19)21-16-18(3)12-15-22(21)24-28(26,27)20-13-10-17(2)11-14-20/h1,5-16,24-25H,2-3H3. The van der Waals surface area contributed by atoms with Gasteiger partial charge in [-0.15, -0.1) is 6.42 Å². The van der Waals surface area contributed by atoms with E-state index in [2.05, 4.69) is 10.6 Å². The smallest absolute Gasteiger partial charge is 0.261 e. The summed E-state index contributed by atoms with van der Waals surface area (Å²) < 4.78 is 28.3. The van der Waals surface area contributed by atoms with Crippen LogP contribution in [0.15, 0.2) is 77.7 Å². The highest BCUT2D eigenvalue weighted by Gasteiger charge is 2.33. The molecule has 0 aliphatic rings. The molecular weight excluding hydrogens is 370 g/mol. The van der Waals surface area contributed by atoms with E-state index in [1.807, 2.05) is 19.9 Å². The van der Waals surface area contributed by atoms with Crippen molar-refractivity contribution >= 4 is 15.7 Å². The van der Waals surface area contributed by atoms with Crippen molar-refractivity contribution in [2.75, 3.05) is 4.72 Å². The molecule has 3 aromatic carbocycles. The highest BCUT2D eigenvalue weighted by atomic mass is 32.2. The van der Waals surface area contributed by atoms with Crippen LogP contribution < -0.4 is 4.72 Å². The van der Waals surface area contributed by atoms with Crippen LogP contribution in [0.3, 0.4) is 0 Å². The lowest BCUT2D eigenvalue weighted by Crippen LogP contribution is -2.27. The van der Waals surface area contributed by atoms with Crippen molar-refractivity contribution < 1.29 is 13.5 Å². The second-order valence-electron chi connectivity index (χ2n) is 6.69. The first-order valence-corrected chi connectivity index (χ1v) is 10.2. The molecule has 28 heavy (non-hydrogen) atoms. The third-order valence-corrected chi connectivity index (χ3v) is 5.92. The monoisotopic (exact) mass is 391 g/mol. The molecule has 1 unspecified atom stereocenters. The van der Waals surface area contributed by atoms with Gasteiger partial charge in [0.15, 0.2) is 5.60 Å². The van der Waals surface area contributed by atoms with Crippen molar-refractivity contribution in [1.82, 2.24) is 0 Å². The maximum absolute atomic E-state index is 12.9. The Morgan fingerprint density at radius 1 is 0.929 bits per heavy atom. The molecule has 0 aromatic heterocycles. The second-order valence-corrected chi connectivity index (χ2v) is 8.37. The minimum Gasteiger partial charge on any atom is -0.369 e. The SMILES string of the molecule is C#CC(O)(c1ccccc1)c1cc(C)ccc1NS(=O)(=O)c1ccc(C)cc1. The number of sulfonamides is 1. The number of anilines is 1. The number of terminal acetylenes is 1. The first kappa shape index (κ1) is 19.7. The summed E-state index contributed by atoms with van der Waals surface area (Å²) >= 11 is 0. The van der Waals surface area contributed by atoms with Gasteiger partial charge in [-0.25, -0.2) is 8.42 Å². The van der Waals surface area contributed by atoms with Gasteiger partial charge in [0.25, 0.3) is 10.0 Å². The van der Waals surface area contributed by atoms with Crippen molar-refractivity contribution in [3.63, 3.8) is 0 Å². The van der Waals surface area contributed by atoms with E-state index in [4.69, 9.17) is 6.42 Å². The van der Waals surface area contributed by atoms with Gasteiger partial charge in [-0.05, 0) is 38.1 Å². The summed E-state index contributed by atoms with van der Waals surface area (Å²) in [6, 6.07) is 20.4. The van der Waals surface area contributed by atoms with Crippen LogP contribution in [0.25, 0.3) is 0 Å². The zero-order chi connectivity index (χ0) is 20.4. The van der Waals surface area contributed by atoms with Crippen LogP contribution in [0.2, 0.25) is 0 Å². The van der Waals surface area contributed by atoms with E-state index in [0.29, 0.717) is 11.1 Å². The Morgan fingerprint density at radius 2 is 1.54 bits per heavy atom. The molecule has 142 valence electrons. The third-order valence-electron chi connectivity index (χ3n) is 4.54. The van der Waals surface area contributed by atoms with E-state index in [1.54, 1.807) is 54.6 Å². The summed E-state index contributed by atoms with van der Waals surface area (Å²) in [7, 11) is -3.85. The molecule has 3 aromatic rings. The number of aliphatic hydroxyl groups is 1. The number of hydrogen-bond donors (Lipinski definition) is 2. The van der Waals surface area contributed by atoms with E-state index in [0.717, 1.165) is 11.1 Å². The lowest BCUT2D eigenvalue weighted by molar-refractivity contribution is 0.146. The molecule has 0 amide bonds. The van der Waals surface area contributed by atoms with E-state index >= 15 is 0 Å². The minimum absolute atomic E-state index is 0.133.